The number of nitro benzene ring substituents is 1. The van der Waals surface area contributed by atoms with Crippen molar-refractivity contribution in [2.24, 2.45) is 0 Å². The van der Waals surface area contributed by atoms with Crippen molar-refractivity contribution in [3.05, 3.63) is 183 Å². The average Bonchev–Trinajstić information content (AvgIpc) is 3.20. The Morgan fingerprint density at radius 3 is 1.70 bits per heavy atom. The summed E-state index contributed by atoms with van der Waals surface area (Å²) in [5.74, 6) is 0.795. The number of nitro groups is 1. The maximum absolute atomic E-state index is 12.8. The summed E-state index contributed by atoms with van der Waals surface area (Å²) >= 11 is 0. The minimum absolute atomic E-state index is 0.00595. The van der Waals surface area contributed by atoms with Gasteiger partial charge in [-0.15, -0.1) is 0 Å². The maximum atomic E-state index is 12.8. The number of aromatic carboxylic acids is 1. The van der Waals surface area contributed by atoms with Gasteiger partial charge >= 0.3 is 5.97 Å². The van der Waals surface area contributed by atoms with E-state index in [2.05, 4.69) is 29.5 Å². The van der Waals surface area contributed by atoms with Crippen LogP contribution in [0.4, 0.5) is 17.1 Å². The lowest BCUT2D eigenvalue weighted by molar-refractivity contribution is -0.385. The summed E-state index contributed by atoms with van der Waals surface area (Å²) in [5, 5.41) is 32.2. The molecule has 0 spiro atoms. The number of carboxylic acids is 1. The fraction of sp³-hybridized carbons (Fsp3) is 0.136. The van der Waals surface area contributed by atoms with Crippen LogP contribution in [0.2, 0.25) is 0 Å². The molecule has 0 aliphatic heterocycles. The number of non-ortho nitro benzene ring substituents is 1. The van der Waals surface area contributed by atoms with Gasteiger partial charge in [0.1, 0.15) is 36.2 Å². The molecule has 0 aromatic heterocycles. The number of carbonyl (C=O) groups is 2. The third-order valence-electron chi connectivity index (χ3n) is 9.28. The van der Waals surface area contributed by atoms with Gasteiger partial charge in [-0.1, -0.05) is 49.7 Å². The van der Waals surface area contributed by atoms with Gasteiger partial charge in [-0.05, 0) is 120 Å². The molecular weight excluding hydrogens is 730 g/mol. The van der Waals surface area contributed by atoms with Gasteiger partial charge in [0.25, 0.3) is 11.6 Å². The topological polar surface area (TPSA) is 179 Å². The number of carbonyl (C=O) groups excluding carboxylic acids is 1. The van der Waals surface area contributed by atoms with E-state index in [9.17, 15) is 24.8 Å². The first-order chi connectivity index (χ1) is 27.4. The Bertz CT molecular complexity index is 2360. The Morgan fingerprint density at radius 2 is 1.19 bits per heavy atom. The highest BCUT2D eigenvalue weighted by atomic mass is 17.1. The number of nitrogens with one attached hydrogen (secondary N) is 2. The number of nitrogens with zero attached hydrogens (tertiary/aromatic N) is 1. The zero-order valence-electron chi connectivity index (χ0n) is 31.2. The van der Waals surface area contributed by atoms with Crippen molar-refractivity contribution in [1.82, 2.24) is 0 Å². The van der Waals surface area contributed by atoms with Crippen LogP contribution in [0.5, 0.6) is 23.0 Å². The van der Waals surface area contributed by atoms with E-state index < -0.39 is 16.8 Å². The summed E-state index contributed by atoms with van der Waals surface area (Å²) in [6.45, 7) is 5.92. The number of benzene rings is 6. The first-order valence-electron chi connectivity index (χ1n) is 17.7. The van der Waals surface area contributed by atoms with Crippen LogP contribution in [0, 0.1) is 17.0 Å². The van der Waals surface area contributed by atoms with Crippen molar-refractivity contribution >= 4 is 28.9 Å². The SMILES string of the molecule is Cc1ccc(C(=O)O)c(C(=O)Nc2ccc(Oc3ccc(C(C)(C)c4ccc(Oc5ccc(NOCc6cc([N+](=O)[O-])ccc6COO)cc5)cc4)cc3)cc2)c1. The highest BCUT2D eigenvalue weighted by Gasteiger charge is 2.23. The summed E-state index contributed by atoms with van der Waals surface area (Å²) in [5.41, 5.74) is 7.52. The van der Waals surface area contributed by atoms with Crippen LogP contribution in [-0.2, 0) is 28.4 Å². The average molecular weight is 770 g/mol. The zero-order chi connectivity index (χ0) is 40.5. The lowest BCUT2D eigenvalue weighted by Gasteiger charge is -2.26. The first kappa shape index (κ1) is 39.6. The molecule has 0 bridgehead atoms. The predicted molar refractivity (Wildman–Crippen MR) is 213 cm³/mol. The molecule has 0 aliphatic rings. The summed E-state index contributed by atoms with van der Waals surface area (Å²) in [7, 11) is 0. The van der Waals surface area contributed by atoms with E-state index in [4.69, 9.17) is 19.6 Å². The Labute approximate surface area is 328 Å². The van der Waals surface area contributed by atoms with Crippen LogP contribution in [-0.4, -0.2) is 27.2 Å². The second-order valence-corrected chi connectivity index (χ2v) is 13.6. The molecule has 0 saturated carbocycles. The van der Waals surface area contributed by atoms with Gasteiger partial charge in [0, 0.05) is 23.2 Å². The molecule has 0 aliphatic carbocycles. The van der Waals surface area contributed by atoms with E-state index in [1.165, 1.54) is 24.3 Å². The van der Waals surface area contributed by atoms with Crippen LogP contribution in [0.1, 0.15) is 62.4 Å². The molecule has 290 valence electrons. The van der Waals surface area contributed by atoms with Crippen LogP contribution in [0.15, 0.2) is 133 Å². The monoisotopic (exact) mass is 769 g/mol. The first-order valence-corrected chi connectivity index (χ1v) is 17.7. The molecule has 13 heteroatoms. The Hall–Kier alpha value is -7.06. The molecule has 0 unspecified atom stereocenters. The number of hydrogen-bond acceptors (Lipinski definition) is 10. The van der Waals surface area contributed by atoms with Crippen molar-refractivity contribution < 1.29 is 44.1 Å². The third kappa shape index (κ3) is 9.98. The molecule has 1 amide bonds. The van der Waals surface area contributed by atoms with Crippen LogP contribution < -0.4 is 20.3 Å². The molecule has 57 heavy (non-hydrogen) atoms. The second kappa shape index (κ2) is 17.6. The molecule has 6 rings (SSSR count). The smallest absolute Gasteiger partial charge is 0.336 e. The Morgan fingerprint density at radius 1 is 0.667 bits per heavy atom. The number of aryl methyl sites for hydroxylation is 1. The van der Waals surface area contributed by atoms with Gasteiger partial charge in [-0.25, -0.2) is 9.68 Å². The molecule has 0 atom stereocenters. The van der Waals surface area contributed by atoms with Crippen molar-refractivity contribution in [2.45, 2.75) is 39.4 Å². The highest BCUT2D eigenvalue weighted by Crippen LogP contribution is 2.35. The van der Waals surface area contributed by atoms with E-state index >= 15 is 0 Å². The molecule has 6 aromatic rings. The molecule has 0 saturated heterocycles. The predicted octanol–water partition coefficient (Wildman–Crippen LogP) is 10.3. The van der Waals surface area contributed by atoms with Crippen LogP contribution in [0.25, 0.3) is 0 Å². The van der Waals surface area contributed by atoms with Crippen molar-refractivity contribution in [2.75, 3.05) is 10.8 Å². The number of ether oxygens (including phenoxy) is 2. The number of carboxylic acid groups (broad SMARTS) is 1. The van der Waals surface area contributed by atoms with Crippen molar-refractivity contribution in [1.29, 1.82) is 0 Å². The Balaban J connectivity index is 1.01. The number of rotatable bonds is 16. The quantitative estimate of drug-likeness (QED) is 0.0418. The van der Waals surface area contributed by atoms with E-state index in [0.29, 0.717) is 45.5 Å². The van der Waals surface area contributed by atoms with Gasteiger partial charge in [0.05, 0.1) is 21.7 Å². The maximum Gasteiger partial charge on any atom is 0.336 e. The highest BCUT2D eigenvalue weighted by molar-refractivity contribution is 6.10. The van der Waals surface area contributed by atoms with Gasteiger partial charge in [-0.2, -0.15) is 0 Å². The third-order valence-corrected chi connectivity index (χ3v) is 9.28. The summed E-state index contributed by atoms with van der Waals surface area (Å²) in [4.78, 5) is 44.9. The van der Waals surface area contributed by atoms with E-state index in [0.717, 1.165) is 16.7 Å². The lowest BCUT2D eigenvalue weighted by atomic mass is 9.78. The summed E-state index contributed by atoms with van der Waals surface area (Å²) in [6, 6.07) is 38.5. The Kier molecular flexibility index (Phi) is 12.2. The second-order valence-electron chi connectivity index (χ2n) is 13.6. The van der Waals surface area contributed by atoms with Crippen molar-refractivity contribution in [3.8, 4) is 23.0 Å². The van der Waals surface area contributed by atoms with E-state index in [-0.39, 0.29) is 35.4 Å². The molecule has 6 aromatic carbocycles. The van der Waals surface area contributed by atoms with Crippen molar-refractivity contribution in [3.63, 3.8) is 0 Å². The number of amides is 1. The standard InChI is InChI=1S/C44H39N3O10/c1-28-4-23-40(43(49)50)41(24-28)42(48)45-33-10-19-38(20-11-33)56-36-15-6-31(7-16-36)44(2,3)32-8-17-37(18-9-32)57-39-21-12-34(13-22-39)46-54-26-30-25-35(47(51)52)14-5-29(30)27-55-53/h4-25,46,53H,26-27H2,1-3H3,(H,45,48)(H,49,50). The minimum Gasteiger partial charge on any atom is -0.478 e. The fourth-order valence-corrected chi connectivity index (χ4v) is 6.01. The van der Waals surface area contributed by atoms with Crippen LogP contribution >= 0.6 is 0 Å². The van der Waals surface area contributed by atoms with Gasteiger partial charge in [-0.3, -0.25) is 30.5 Å². The molecule has 0 radical (unpaired) electrons. The molecule has 13 nitrogen and oxygen atoms in total. The minimum atomic E-state index is -1.17. The fourth-order valence-electron chi connectivity index (χ4n) is 6.01. The molecule has 0 fully saturated rings. The summed E-state index contributed by atoms with van der Waals surface area (Å²) < 4.78 is 12.1. The number of hydrogen-bond donors (Lipinski definition) is 4. The van der Waals surface area contributed by atoms with Gasteiger partial charge in [0.15, 0.2) is 0 Å². The summed E-state index contributed by atoms with van der Waals surface area (Å²) in [6.07, 6.45) is 0. The largest absolute Gasteiger partial charge is 0.478 e. The molecular formula is C44H39N3O10. The van der Waals surface area contributed by atoms with Gasteiger partial charge in [0.2, 0.25) is 0 Å². The van der Waals surface area contributed by atoms with Crippen LogP contribution in [0.3, 0.4) is 0 Å². The molecule has 4 N–H and O–H groups in total. The zero-order valence-corrected chi connectivity index (χ0v) is 31.2. The lowest BCUT2D eigenvalue weighted by Crippen LogP contribution is -2.18. The normalized spacial score (nSPS) is 11.1. The van der Waals surface area contributed by atoms with Gasteiger partial charge < -0.3 is 19.9 Å². The van der Waals surface area contributed by atoms with E-state index in [1.807, 2.05) is 48.5 Å². The molecule has 0 heterocycles. The van der Waals surface area contributed by atoms with E-state index in [1.54, 1.807) is 67.6 Å². The number of anilines is 2.